The highest BCUT2D eigenvalue weighted by molar-refractivity contribution is 8.00. The molecule has 0 radical (unpaired) electrons. The van der Waals surface area contributed by atoms with Gasteiger partial charge in [-0.3, -0.25) is 0 Å². The largest absolute Gasteiger partial charge is 0.309 e. The molecule has 2 unspecified atom stereocenters. The zero-order valence-electron chi connectivity index (χ0n) is 10.8. The van der Waals surface area contributed by atoms with Gasteiger partial charge in [0, 0.05) is 16.9 Å². The van der Waals surface area contributed by atoms with Crippen LogP contribution in [0.5, 0.6) is 0 Å². The molecule has 1 fully saturated rings. The van der Waals surface area contributed by atoms with Gasteiger partial charge in [-0.05, 0) is 37.6 Å². The van der Waals surface area contributed by atoms with Gasteiger partial charge < -0.3 is 5.32 Å². The highest BCUT2D eigenvalue weighted by atomic mass is 32.2. The van der Waals surface area contributed by atoms with Crippen LogP contribution < -0.4 is 5.32 Å². The van der Waals surface area contributed by atoms with Crippen molar-refractivity contribution in [2.45, 2.75) is 38.0 Å². The van der Waals surface area contributed by atoms with E-state index in [0.717, 1.165) is 25.1 Å². The normalized spacial score (nSPS) is 21.2. The maximum absolute atomic E-state index is 14.1. The summed E-state index contributed by atoms with van der Waals surface area (Å²) < 4.78 is 27.7. The average molecular weight is 271 g/mol. The Bertz CT molecular complexity index is 417. The summed E-state index contributed by atoms with van der Waals surface area (Å²) >= 11 is 1.85. The standard InChI is InChI=1S/C14H19F2NS/c1-3-17-14(11-5-4-8-18-11)10-7-6-9(2)12(15)13(10)16/h6-7,11,14,17H,3-5,8H2,1-2H3. The van der Waals surface area contributed by atoms with Gasteiger partial charge in [-0.2, -0.15) is 11.8 Å². The quantitative estimate of drug-likeness (QED) is 0.893. The lowest BCUT2D eigenvalue weighted by molar-refractivity contribution is 0.452. The van der Waals surface area contributed by atoms with Crippen LogP contribution in [0.25, 0.3) is 0 Å². The van der Waals surface area contributed by atoms with E-state index in [1.807, 2.05) is 18.7 Å². The summed E-state index contributed by atoms with van der Waals surface area (Å²) in [5.41, 5.74) is 0.838. The molecule has 0 saturated carbocycles. The van der Waals surface area contributed by atoms with Gasteiger partial charge in [0.1, 0.15) is 0 Å². The van der Waals surface area contributed by atoms with Crippen molar-refractivity contribution in [2.75, 3.05) is 12.3 Å². The van der Waals surface area contributed by atoms with Crippen LogP contribution in [-0.2, 0) is 0 Å². The van der Waals surface area contributed by atoms with Crippen molar-refractivity contribution in [3.05, 3.63) is 34.9 Å². The van der Waals surface area contributed by atoms with Gasteiger partial charge >= 0.3 is 0 Å². The Labute approximate surface area is 111 Å². The van der Waals surface area contributed by atoms with Gasteiger partial charge in [-0.25, -0.2) is 8.78 Å². The molecule has 0 spiro atoms. The number of hydrogen-bond acceptors (Lipinski definition) is 2. The first-order chi connectivity index (χ1) is 8.65. The Morgan fingerprint density at radius 2 is 2.17 bits per heavy atom. The molecular weight excluding hydrogens is 252 g/mol. The van der Waals surface area contributed by atoms with Crippen molar-refractivity contribution >= 4 is 11.8 Å². The highest BCUT2D eigenvalue weighted by Crippen LogP contribution is 2.37. The van der Waals surface area contributed by atoms with Crippen molar-refractivity contribution < 1.29 is 8.78 Å². The molecule has 0 aliphatic carbocycles. The summed E-state index contributed by atoms with van der Waals surface area (Å²) in [6.07, 6.45) is 2.23. The predicted molar refractivity (Wildman–Crippen MR) is 73.0 cm³/mol. The number of thioether (sulfide) groups is 1. The Morgan fingerprint density at radius 1 is 1.39 bits per heavy atom. The zero-order valence-corrected chi connectivity index (χ0v) is 11.6. The van der Waals surface area contributed by atoms with Crippen molar-refractivity contribution in [1.82, 2.24) is 5.32 Å². The number of aryl methyl sites for hydroxylation is 1. The van der Waals surface area contributed by atoms with Crippen LogP contribution >= 0.6 is 11.8 Å². The van der Waals surface area contributed by atoms with Crippen LogP contribution in [0.15, 0.2) is 12.1 Å². The molecule has 1 N–H and O–H groups in total. The summed E-state index contributed by atoms with van der Waals surface area (Å²) in [5, 5.41) is 3.65. The third kappa shape index (κ3) is 2.69. The second-order valence-corrected chi connectivity index (χ2v) is 6.03. The first kappa shape index (κ1) is 13.8. The molecule has 1 saturated heterocycles. The van der Waals surface area contributed by atoms with Crippen LogP contribution in [0.2, 0.25) is 0 Å². The lowest BCUT2D eigenvalue weighted by Crippen LogP contribution is -2.30. The lowest BCUT2D eigenvalue weighted by atomic mass is 9.98. The topological polar surface area (TPSA) is 12.0 Å². The molecule has 1 aromatic carbocycles. The fourth-order valence-corrected chi connectivity index (χ4v) is 3.83. The van der Waals surface area contributed by atoms with Crippen molar-refractivity contribution in [2.24, 2.45) is 0 Å². The predicted octanol–water partition coefficient (Wildman–Crippen LogP) is 3.82. The van der Waals surface area contributed by atoms with Gasteiger partial charge in [-0.15, -0.1) is 0 Å². The van der Waals surface area contributed by atoms with E-state index >= 15 is 0 Å². The Balaban J connectivity index is 2.32. The van der Waals surface area contributed by atoms with E-state index in [4.69, 9.17) is 0 Å². The Kier molecular flexibility index (Phi) is 4.62. The average Bonchev–Trinajstić information content (AvgIpc) is 2.88. The van der Waals surface area contributed by atoms with E-state index in [2.05, 4.69) is 5.32 Å². The molecule has 1 nitrogen and oxygen atoms in total. The van der Waals surface area contributed by atoms with E-state index < -0.39 is 11.6 Å². The summed E-state index contributed by atoms with van der Waals surface area (Å²) in [6.45, 7) is 4.35. The molecule has 1 heterocycles. The monoisotopic (exact) mass is 271 g/mol. The molecule has 1 aliphatic heterocycles. The Morgan fingerprint density at radius 3 is 2.78 bits per heavy atom. The number of halogens is 2. The summed E-state index contributed by atoms with van der Waals surface area (Å²) in [6, 6.07) is 3.30. The van der Waals surface area contributed by atoms with Crippen molar-refractivity contribution in [3.63, 3.8) is 0 Å². The minimum absolute atomic E-state index is 0.0856. The van der Waals surface area contributed by atoms with E-state index in [9.17, 15) is 8.78 Å². The molecular formula is C14H19F2NS. The second-order valence-electron chi connectivity index (χ2n) is 4.69. The smallest absolute Gasteiger partial charge is 0.163 e. The van der Waals surface area contributed by atoms with Gasteiger partial charge in [0.2, 0.25) is 0 Å². The minimum Gasteiger partial charge on any atom is -0.309 e. The number of benzene rings is 1. The molecule has 0 aromatic heterocycles. The zero-order chi connectivity index (χ0) is 13.1. The molecule has 18 heavy (non-hydrogen) atoms. The molecule has 2 atom stereocenters. The molecule has 2 rings (SSSR count). The van der Waals surface area contributed by atoms with Crippen molar-refractivity contribution in [1.29, 1.82) is 0 Å². The van der Waals surface area contributed by atoms with Gasteiger partial charge in [0.15, 0.2) is 11.6 Å². The van der Waals surface area contributed by atoms with Crippen molar-refractivity contribution in [3.8, 4) is 0 Å². The first-order valence-electron chi connectivity index (χ1n) is 6.44. The maximum atomic E-state index is 14.1. The fraction of sp³-hybridized carbons (Fsp3) is 0.571. The fourth-order valence-electron chi connectivity index (χ4n) is 2.43. The molecule has 1 aliphatic rings. The maximum Gasteiger partial charge on any atom is 0.163 e. The van der Waals surface area contributed by atoms with Gasteiger partial charge in [0.25, 0.3) is 0 Å². The van der Waals surface area contributed by atoms with Crippen LogP contribution in [0, 0.1) is 18.6 Å². The number of nitrogens with one attached hydrogen (secondary N) is 1. The molecule has 0 bridgehead atoms. The molecule has 0 amide bonds. The third-order valence-electron chi connectivity index (χ3n) is 3.40. The Hall–Kier alpha value is -0.610. The molecule has 4 heteroatoms. The van der Waals surface area contributed by atoms with E-state index in [-0.39, 0.29) is 6.04 Å². The van der Waals surface area contributed by atoms with Crippen LogP contribution in [0.1, 0.15) is 36.9 Å². The summed E-state index contributed by atoms with van der Waals surface area (Å²) in [7, 11) is 0. The first-order valence-corrected chi connectivity index (χ1v) is 7.49. The minimum atomic E-state index is -0.710. The van der Waals surface area contributed by atoms with Crippen LogP contribution in [0.4, 0.5) is 8.78 Å². The van der Waals surface area contributed by atoms with Crippen LogP contribution in [0.3, 0.4) is 0 Å². The van der Waals surface area contributed by atoms with Gasteiger partial charge in [-0.1, -0.05) is 19.1 Å². The van der Waals surface area contributed by atoms with E-state index in [0.29, 0.717) is 16.4 Å². The number of rotatable bonds is 4. The highest BCUT2D eigenvalue weighted by Gasteiger charge is 2.29. The van der Waals surface area contributed by atoms with Gasteiger partial charge in [0.05, 0.1) is 0 Å². The second kappa shape index (κ2) is 6.02. The number of hydrogen-bond donors (Lipinski definition) is 1. The SMILES string of the molecule is CCNC(c1ccc(C)c(F)c1F)C1CCCS1. The third-order valence-corrected chi connectivity index (χ3v) is 4.86. The summed E-state index contributed by atoms with van der Waals surface area (Å²) in [5.74, 6) is -0.283. The van der Waals surface area contributed by atoms with E-state index in [1.54, 1.807) is 19.1 Å². The van der Waals surface area contributed by atoms with Crippen LogP contribution in [-0.4, -0.2) is 17.5 Å². The van der Waals surface area contributed by atoms with E-state index in [1.165, 1.54) is 0 Å². The summed E-state index contributed by atoms with van der Waals surface area (Å²) in [4.78, 5) is 0. The lowest BCUT2D eigenvalue weighted by Gasteiger charge is -2.25. The molecule has 100 valence electrons. The molecule has 1 aromatic rings.